The highest BCUT2D eigenvalue weighted by Gasteiger charge is 2.14. The van der Waals surface area contributed by atoms with Crippen molar-refractivity contribution < 1.29 is 14.3 Å². The highest BCUT2D eigenvalue weighted by Crippen LogP contribution is 2.19. The number of aryl methyl sites for hydroxylation is 1. The Morgan fingerprint density at radius 2 is 2.29 bits per heavy atom. The van der Waals surface area contributed by atoms with Crippen molar-refractivity contribution in [3.63, 3.8) is 0 Å². The molecule has 0 fully saturated rings. The van der Waals surface area contributed by atoms with Crippen molar-refractivity contribution in [2.75, 3.05) is 6.54 Å². The van der Waals surface area contributed by atoms with Gasteiger partial charge in [0.2, 0.25) is 0 Å². The largest absolute Gasteiger partial charge is 0.387 e. The van der Waals surface area contributed by atoms with Gasteiger partial charge in [0.15, 0.2) is 0 Å². The number of amides is 1. The number of aliphatic hydroxyl groups excluding tert-OH is 1. The van der Waals surface area contributed by atoms with Gasteiger partial charge in [-0.2, -0.15) is 5.10 Å². The van der Waals surface area contributed by atoms with E-state index in [1.54, 1.807) is 6.07 Å². The number of carbonyl (C=O) groups excluding carboxylic acids is 1. The molecule has 1 aromatic carbocycles. The lowest BCUT2D eigenvalue weighted by Gasteiger charge is -2.12. The minimum absolute atomic E-state index is 0.0152. The van der Waals surface area contributed by atoms with E-state index in [2.05, 4.69) is 15.5 Å². The molecule has 2 rings (SSSR count). The normalized spacial score (nSPS) is 12.2. The Morgan fingerprint density at radius 1 is 1.52 bits per heavy atom. The lowest BCUT2D eigenvalue weighted by Crippen LogP contribution is -2.28. The molecule has 1 amide bonds. The summed E-state index contributed by atoms with van der Waals surface area (Å²) < 4.78 is 13.3. The quantitative estimate of drug-likeness (QED) is 0.792. The fourth-order valence-corrected chi connectivity index (χ4v) is 1.89. The minimum Gasteiger partial charge on any atom is -0.387 e. The first-order valence-corrected chi connectivity index (χ1v) is 6.84. The molecule has 21 heavy (non-hydrogen) atoms. The first-order valence-electron chi connectivity index (χ1n) is 6.46. The van der Waals surface area contributed by atoms with E-state index in [4.69, 9.17) is 11.6 Å². The molecule has 1 heterocycles. The molecule has 0 saturated heterocycles. The van der Waals surface area contributed by atoms with Crippen molar-refractivity contribution >= 4 is 17.5 Å². The second-order valence-electron chi connectivity index (χ2n) is 4.53. The van der Waals surface area contributed by atoms with Crippen molar-refractivity contribution in [2.45, 2.75) is 19.4 Å². The van der Waals surface area contributed by atoms with E-state index in [-0.39, 0.29) is 17.3 Å². The maximum atomic E-state index is 13.3. The molecule has 112 valence electrons. The van der Waals surface area contributed by atoms with E-state index in [1.807, 2.05) is 6.92 Å². The molecule has 0 radical (unpaired) electrons. The highest BCUT2D eigenvalue weighted by molar-refractivity contribution is 6.30. The van der Waals surface area contributed by atoms with Crippen LogP contribution in [0.15, 0.2) is 24.3 Å². The Bertz CT molecular complexity index is 645. The van der Waals surface area contributed by atoms with E-state index in [9.17, 15) is 14.3 Å². The Morgan fingerprint density at radius 3 is 2.90 bits per heavy atom. The summed E-state index contributed by atoms with van der Waals surface area (Å²) in [6.07, 6.45) is -0.280. The molecule has 1 unspecified atom stereocenters. The van der Waals surface area contributed by atoms with E-state index < -0.39 is 17.8 Å². The van der Waals surface area contributed by atoms with Crippen LogP contribution in [0.1, 0.15) is 34.8 Å². The van der Waals surface area contributed by atoms with Gasteiger partial charge in [-0.25, -0.2) is 4.39 Å². The van der Waals surface area contributed by atoms with Gasteiger partial charge >= 0.3 is 0 Å². The third-order valence-electron chi connectivity index (χ3n) is 3.03. The minimum atomic E-state index is -1.02. The molecular formula is C14H15ClFN3O2. The third-order valence-corrected chi connectivity index (χ3v) is 3.34. The maximum Gasteiger partial charge on any atom is 0.271 e. The summed E-state index contributed by atoms with van der Waals surface area (Å²) in [5.41, 5.74) is 1.44. The number of aromatic amines is 1. The van der Waals surface area contributed by atoms with Crippen LogP contribution in [0.3, 0.4) is 0 Å². The third kappa shape index (κ3) is 3.80. The monoisotopic (exact) mass is 311 g/mol. The molecule has 0 aliphatic carbocycles. The molecule has 0 spiro atoms. The number of benzene rings is 1. The molecular weight excluding hydrogens is 297 g/mol. The molecule has 0 aliphatic heterocycles. The van der Waals surface area contributed by atoms with Gasteiger partial charge in [-0.05, 0) is 30.2 Å². The molecule has 0 bridgehead atoms. The molecule has 7 heteroatoms. The van der Waals surface area contributed by atoms with E-state index in [0.717, 1.165) is 18.2 Å². The number of carbonyl (C=O) groups is 1. The Labute approximate surface area is 126 Å². The Balaban J connectivity index is 1.95. The number of aromatic nitrogens is 2. The van der Waals surface area contributed by atoms with Gasteiger partial charge in [0.25, 0.3) is 5.91 Å². The number of halogens is 2. The molecule has 2 aromatic rings. The second kappa shape index (κ2) is 6.69. The van der Waals surface area contributed by atoms with Crippen LogP contribution in [0.5, 0.6) is 0 Å². The van der Waals surface area contributed by atoms with E-state index >= 15 is 0 Å². The lowest BCUT2D eigenvalue weighted by molar-refractivity contribution is 0.0911. The zero-order chi connectivity index (χ0) is 15.4. The number of rotatable bonds is 5. The average Bonchev–Trinajstić information content (AvgIpc) is 2.96. The molecule has 0 aliphatic rings. The van der Waals surface area contributed by atoms with Crippen molar-refractivity contribution in [1.82, 2.24) is 15.5 Å². The van der Waals surface area contributed by atoms with Crippen LogP contribution in [0.2, 0.25) is 5.02 Å². The van der Waals surface area contributed by atoms with Crippen LogP contribution in [0.25, 0.3) is 0 Å². The summed E-state index contributed by atoms with van der Waals surface area (Å²) in [4.78, 5) is 11.8. The van der Waals surface area contributed by atoms with Gasteiger partial charge in [-0.3, -0.25) is 9.89 Å². The van der Waals surface area contributed by atoms with Crippen LogP contribution in [-0.4, -0.2) is 27.8 Å². The zero-order valence-electron chi connectivity index (χ0n) is 11.4. The molecule has 3 N–H and O–H groups in total. The van der Waals surface area contributed by atoms with Crippen LogP contribution >= 0.6 is 11.6 Å². The number of nitrogens with zero attached hydrogens (tertiary/aromatic N) is 1. The summed E-state index contributed by atoms with van der Waals surface area (Å²) in [6, 6.07) is 5.65. The van der Waals surface area contributed by atoms with E-state index in [1.165, 1.54) is 12.1 Å². The second-order valence-corrected chi connectivity index (χ2v) is 4.94. The van der Waals surface area contributed by atoms with Crippen molar-refractivity contribution in [2.24, 2.45) is 0 Å². The summed E-state index contributed by atoms with van der Waals surface area (Å²) in [7, 11) is 0. The van der Waals surface area contributed by atoms with Crippen molar-refractivity contribution in [3.05, 3.63) is 52.1 Å². The number of H-pyrrole nitrogens is 1. The van der Waals surface area contributed by atoms with Crippen molar-refractivity contribution in [3.8, 4) is 0 Å². The van der Waals surface area contributed by atoms with Gasteiger partial charge in [-0.15, -0.1) is 0 Å². The van der Waals surface area contributed by atoms with Crippen molar-refractivity contribution in [1.29, 1.82) is 0 Å². The maximum absolute atomic E-state index is 13.3. The summed E-state index contributed by atoms with van der Waals surface area (Å²) >= 11 is 5.57. The topological polar surface area (TPSA) is 78.0 Å². The van der Waals surface area contributed by atoms with E-state index in [0.29, 0.717) is 5.56 Å². The molecule has 1 atom stereocenters. The fraction of sp³-hybridized carbons (Fsp3) is 0.286. The predicted molar refractivity (Wildman–Crippen MR) is 76.7 cm³/mol. The SMILES string of the molecule is CCc1cc(C(=O)NCC(O)c2ccc(Cl)c(F)c2)n[nH]1. The van der Waals surface area contributed by atoms with Gasteiger partial charge in [0.1, 0.15) is 11.5 Å². The standard InChI is InChI=1S/C14H15ClFN3O2/c1-2-9-6-12(19-18-9)14(21)17-7-13(20)8-3-4-10(15)11(16)5-8/h3-6,13,20H,2,7H2,1H3,(H,17,21)(H,18,19). The van der Waals surface area contributed by atoms with Crippen LogP contribution in [0, 0.1) is 5.82 Å². The van der Waals surface area contributed by atoms with Gasteiger partial charge in [-0.1, -0.05) is 24.6 Å². The zero-order valence-corrected chi connectivity index (χ0v) is 12.1. The number of hydrogen-bond acceptors (Lipinski definition) is 3. The lowest BCUT2D eigenvalue weighted by atomic mass is 10.1. The first-order chi connectivity index (χ1) is 10.0. The summed E-state index contributed by atoms with van der Waals surface area (Å²) in [6.45, 7) is 1.89. The van der Waals surface area contributed by atoms with Gasteiger partial charge in [0.05, 0.1) is 11.1 Å². The molecule has 5 nitrogen and oxygen atoms in total. The Hall–Kier alpha value is -1.92. The number of nitrogens with one attached hydrogen (secondary N) is 2. The van der Waals surface area contributed by atoms with Crippen LogP contribution < -0.4 is 5.32 Å². The average molecular weight is 312 g/mol. The molecule has 1 aromatic heterocycles. The summed E-state index contributed by atoms with van der Waals surface area (Å²) in [5, 5.41) is 19.1. The number of aliphatic hydroxyl groups is 1. The van der Waals surface area contributed by atoms with Gasteiger partial charge in [0, 0.05) is 12.2 Å². The van der Waals surface area contributed by atoms with Crippen LogP contribution in [0.4, 0.5) is 4.39 Å². The molecule has 0 saturated carbocycles. The predicted octanol–water partition coefficient (Wildman–Crippen LogP) is 2.23. The first kappa shape index (κ1) is 15.5. The fourth-order valence-electron chi connectivity index (χ4n) is 1.78. The smallest absolute Gasteiger partial charge is 0.271 e. The number of hydrogen-bond donors (Lipinski definition) is 3. The van der Waals surface area contributed by atoms with Gasteiger partial charge < -0.3 is 10.4 Å². The summed E-state index contributed by atoms with van der Waals surface area (Å²) in [5.74, 6) is -1.01. The highest BCUT2D eigenvalue weighted by atomic mass is 35.5. The van der Waals surface area contributed by atoms with Crippen LogP contribution in [-0.2, 0) is 6.42 Å². The Kier molecular flexibility index (Phi) is 4.93.